The summed E-state index contributed by atoms with van der Waals surface area (Å²) < 4.78 is 5.02. The molecule has 0 atom stereocenters. The van der Waals surface area contributed by atoms with Crippen molar-refractivity contribution in [1.29, 1.82) is 0 Å². The van der Waals surface area contributed by atoms with Gasteiger partial charge in [-0.3, -0.25) is 0 Å². The highest BCUT2D eigenvalue weighted by Crippen LogP contribution is 2.14. The fraction of sp³-hybridized carbons (Fsp3) is 0.500. The van der Waals surface area contributed by atoms with Gasteiger partial charge in [0.15, 0.2) is 5.75 Å². The Labute approximate surface area is 114 Å². The molecule has 0 fully saturated rings. The van der Waals surface area contributed by atoms with Crippen molar-refractivity contribution in [2.75, 3.05) is 26.2 Å². The van der Waals surface area contributed by atoms with Crippen LogP contribution in [0.15, 0.2) is 24.3 Å². The molecule has 19 heavy (non-hydrogen) atoms. The van der Waals surface area contributed by atoms with Gasteiger partial charge in [0.05, 0.1) is 0 Å². The lowest BCUT2D eigenvalue weighted by Crippen LogP contribution is -2.32. The van der Waals surface area contributed by atoms with E-state index in [1.165, 1.54) is 0 Å². The van der Waals surface area contributed by atoms with Gasteiger partial charge in [-0.25, -0.2) is 4.79 Å². The largest absolute Gasteiger partial charge is 0.446 e. The Hall–Kier alpha value is -1.75. The minimum Gasteiger partial charge on any atom is -0.446 e. The van der Waals surface area contributed by atoms with Gasteiger partial charge in [-0.15, -0.1) is 0 Å². The van der Waals surface area contributed by atoms with Crippen LogP contribution < -0.4 is 10.3 Å². The zero-order valence-electron chi connectivity index (χ0n) is 11.8. The number of likely N-dealkylation sites (N-methyl/N-ethyl adjacent to an activating group) is 1. The standard InChI is InChI=1S/C14H22N2O3/c1-4-16(5-2)10-11-18-14(17)15-19-13-9-7-6-8-12(13)3/h6-9H,4-5,10-11H2,1-3H3,(H,15,17). The Kier molecular flexibility index (Phi) is 6.74. The molecule has 1 aromatic rings. The second-order valence-electron chi connectivity index (χ2n) is 4.13. The number of benzene rings is 1. The molecule has 0 aliphatic carbocycles. The Bertz CT molecular complexity index is 392. The molecule has 0 aromatic heterocycles. The van der Waals surface area contributed by atoms with Gasteiger partial charge in [-0.2, -0.15) is 5.48 Å². The first-order valence-corrected chi connectivity index (χ1v) is 6.55. The van der Waals surface area contributed by atoms with E-state index in [2.05, 4.69) is 24.2 Å². The molecule has 106 valence electrons. The first-order valence-electron chi connectivity index (χ1n) is 6.55. The molecule has 0 saturated carbocycles. The van der Waals surface area contributed by atoms with E-state index in [9.17, 15) is 4.79 Å². The third kappa shape index (κ3) is 5.61. The Balaban J connectivity index is 2.23. The molecule has 5 heteroatoms. The van der Waals surface area contributed by atoms with Crippen molar-refractivity contribution in [3.8, 4) is 5.75 Å². The average Bonchev–Trinajstić information content (AvgIpc) is 2.43. The van der Waals surface area contributed by atoms with E-state index in [-0.39, 0.29) is 0 Å². The molecular weight excluding hydrogens is 244 g/mol. The van der Waals surface area contributed by atoms with Gasteiger partial charge in [0.1, 0.15) is 6.61 Å². The van der Waals surface area contributed by atoms with E-state index in [1.54, 1.807) is 6.07 Å². The van der Waals surface area contributed by atoms with Gasteiger partial charge in [0.25, 0.3) is 0 Å². The normalized spacial score (nSPS) is 10.3. The molecule has 0 radical (unpaired) electrons. The van der Waals surface area contributed by atoms with Crippen LogP contribution in [-0.4, -0.2) is 37.2 Å². The quantitative estimate of drug-likeness (QED) is 0.770. The maximum Gasteiger partial charge on any atom is 0.440 e. The minimum absolute atomic E-state index is 0.352. The lowest BCUT2D eigenvalue weighted by molar-refractivity contribution is 0.0905. The second-order valence-corrected chi connectivity index (χ2v) is 4.13. The number of ether oxygens (including phenoxy) is 1. The van der Waals surface area contributed by atoms with Crippen LogP contribution in [0, 0.1) is 6.92 Å². The van der Waals surface area contributed by atoms with Crippen molar-refractivity contribution >= 4 is 6.09 Å². The number of para-hydroxylation sites is 1. The number of hydrogen-bond donors (Lipinski definition) is 1. The van der Waals surface area contributed by atoms with Gasteiger partial charge in [0, 0.05) is 6.54 Å². The molecule has 1 rings (SSSR count). The molecule has 0 saturated heterocycles. The van der Waals surface area contributed by atoms with E-state index in [4.69, 9.17) is 9.57 Å². The van der Waals surface area contributed by atoms with Gasteiger partial charge < -0.3 is 14.5 Å². The number of rotatable bonds is 7. The number of aryl methyl sites for hydroxylation is 1. The van der Waals surface area contributed by atoms with Crippen LogP contribution in [0.5, 0.6) is 5.75 Å². The van der Waals surface area contributed by atoms with Crippen LogP contribution in [0.1, 0.15) is 19.4 Å². The molecule has 0 bridgehead atoms. The smallest absolute Gasteiger partial charge is 0.440 e. The van der Waals surface area contributed by atoms with E-state index in [1.807, 2.05) is 25.1 Å². The molecule has 1 amide bonds. The van der Waals surface area contributed by atoms with Crippen LogP contribution >= 0.6 is 0 Å². The number of amides is 1. The summed E-state index contributed by atoms with van der Waals surface area (Å²) in [6.45, 7) is 9.02. The Morgan fingerprint density at radius 2 is 1.95 bits per heavy atom. The lowest BCUT2D eigenvalue weighted by Gasteiger charge is -2.17. The van der Waals surface area contributed by atoms with Crippen LogP contribution in [0.25, 0.3) is 0 Å². The van der Waals surface area contributed by atoms with Crippen molar-refractivity contribution in [2.24, 2.45) is 0 Å². The minimum atomic E-state index is -0.574. The van der Waals surface area contributed by atoms with Crippen LogP contribution in [0.4, 0.5) is 4.79 Å². The SMILES string of the molecule is CCN(CC)CCOC(=O)NOc1ccccc1C. The number of nitrogens with one attached hydrogen (secondary N) is 1. The van der Waals surface area contributed by atoms with Crippen molar-refractivity contribution < 1.29 is 14.4 Å². The predicted molar refractivity (Wildman–Crippen MR) is 74.1 cm³/mol. The highest BCUT2D eigenvalue weighted by atomic mass is 16.7. The van der Waals surface area contributed by atoms with Crippen molar-refractivity contribution in [3.63, 3.8) is 0 Å². The maximum atomic E-state index is 11.4. The first kappa shape index (κ1) is 15.3. The lowest BCUT2D eigenvalue weighted by atomic mass is 10.2. The molecule has 5 nitrogen and oxygen atoms in total. The van der Waals surface area contributed by atoms with Gasteiger partial charge >= 0.3 is 6.09 Å². The number of hydrogen-bond acceptors (Lipinski definition) is 4. The summed E-state index contributed by atoms with van der Waals surface area (Å²) in [4.78, 5) is 18.8. The zero-order chi connectivity index (χ0) is 14.1. The van der Waals surface area contributed by atoms with Crippen LogP contribution in [0.3, 0.4) is 0 Å². The highest BCUT2D eigenvalue weighted by Gasteiger charge is 2.05. The Morgan fingerprint density at radius 3 is 2.58 bits per heavy atom. The molecule has 1 aromatic carbocycles. The molecule has 0 heterocycles. The summed E-state index contributed by atoms with van der Waals surface area (Å²) >= 11 is 0. The molecule has 0 unspecified atom stereocenters. The summed E-state index contributed by atoms with van der Waals surface area (Å²) in [6.07, 6.45) is -0.574. The number of carbonyl (C=O) groups excluding carboxylic acids is 1. The van der Waals surface area contributed by atoms with Crippen LogP contribution in [0.2, 0.25) is 0 Å². The third-order valence-electron chi connectivity index (χ3n) is 2.87. The fourth-order valence-electron chi connectivity index (χ4n) is 1.60. The van der Waals surface area contributed by atoms with E-state index >= 15 is 0 Å². The number of nitrogens with zero attached hydrogens (tertiary/aromatic N) is 1. The molecule has 0 aliphatic rings. The molecule has 0 spiro atoms. The van der Waals surface area contributed by atoms with Crippen molar-refractivity contribution in [1.82, 2.24) is 10.4 Å². The van der Waals surface area contributed by atoms with Crippen LogP contribution in [-0.2, 0) is 4.74 Å². The fourth-order valence-corrected chi connectivity index (χ4v) is 1.60. The zero-order valence-corrected chi connectivity index (χ0v) is 11.8. The molecular formula is C14H22N2O3. The third-order valence-corrected chi connectivity index (χ3v) is 2.87. The summed E-state index contributed by atoms with van der Waals surface area (Å²) in [5.41, 5.74) is 3.22. The monoisotopic (exact) mass is 266 g/mol. The molecule has 1 N–H and O–H groups in total. The summed E-state index contributed by atoms with van der Waals surface area (Å²) in [7, 11) is 0. The second kappa shape index (κ2) is 8.37. The van der Waals surface area contributed by atoms with E-state index < -0.39 is 6.09 Å². The average molecular weight is 266 g/mol. The maximum absolute atomic E-state index is 11.4. The summed E-state index contributed by atoms with van der Waals surface area (Å²) in [5, 5.41) is 0. The Morgan fingerprint density at radius 1 is 1.26 bits per heavy atom. The van der Waals surface area contributed by atoms with Gasteiger partial charge in [-0.1, -0.05) is 32.0 Å². The van der Waals surface area contributed by atoms with E-state index in [0.717, 1.165) is 25.2 Å². The summed E-state index contributed by atoms with van der Waals surface area (Å²) in [5.74, 6) is 0.614. The number of carbonyl (C=O) groups is 1. The van der Waals surface area contributed by atoms with Crippen molar-refractivity contribution in [2.45, 2.75) is 20.8 Å². The summed E-state index contributed by atoms with van der Waals surface area (Å²) in [6, 6.07) is 7.44. The number of hydroxylamine groups is 1. The molecule has 0 aliphatic heterocycles. The van der Waals surface area contributed by atoms with E-state index in [0.29, 0.717) is 12.4 Å². The first-order chi connectivity index (χ1) is 9.17. The highest BCUT2D eigenvalue weighted by molar-refractivity contribution is 5.66. The predicted octanol–water partition coefficient (Wildman–Crippen LogP) is 2.36. The topological polar surface area (TPSA) is 50.8 Å². The van der Waals surface area contributed by atoms with Crippen molar-refractivity contribution in [3.05, 3.63) is 29.8 Å². The van der Waals surface area contributed by atoms with Gasteiger partial charge in [-0.05, 0) is 31.6 Å². The van der Waals surface area contributed by atoms with Gasteiger partial charge in [0.2, 0.25) is 0 Å².